The minimum Gasteiger partial charge on any atom is -0.486 e. The molecule has 0 unspecified atom stereocenters. The number of carbonyl (C=O) groups is 1. The maximum absolute atomic E-state index is 13.2. The van der Waals surface area contributed by atoms with E-state index in [2.05, 4.69) is 10.4 Å². The molecule has 0 bridgehead atoms. The van der Waals surface area contributed by atoms with Gasteiger partial charge in [0.2, 0.25) is 0 Å². The first kappa shape index (κ1) is 22.5. The van der Waals surface area contributed by atoms with Crippen LogP contribution in [0.4, 0.5) is 15.9 Å². The van der Waals surface area contributed by atoms with Gasteiger partial charge in [-0.1, -0.05) is 0 Å². The van der Waals surface area contributed by atoms with Crippen LogP contribution in [0.3, 0.4) is 0 Å². The van der Waals surface area contributed by atoms with Crippen LogP contribution >= 0.6 is 0 Å². The number of nitriles is 1. The topological polar surface area (TPSA) is 158 Å². The number of benzene rings is 2. The molecule has 12 heteroatoms. The lowest BCUT2D eigenvalue weighted by molar-refractivity contribution is -0.385. The van der Waals surface area contributed by atoms with Gasteiger partial charge in [-0.3, -0.25) is 14.9 Å². The molecular weight excluding hydrogens is 447 g/mol. The highest BCUT2D eigenvalue weighted by Gasteiger charge is 2.26. The summed E-state index contributed by atoms with van der Waals surface area (Å²) in [5.74, 6) is -0.444. The summed E-state index contributed by atoms with van der Waals surface area (Å²) in [5, 5.41) is 27.9. The van der Waals surface area contributed by atoms with Crippen LogP contribution in [0.2, 0.25) is 0 Å². The van der Waals surface area contributed by atoms with Crippen molar-refractivity contribution in [3.8, 4) is 23.3 Å². The molecule has 0 spiro atoms. The number of fused-ring (bicyclic) bond motifs is 1. The molecule has 34 heavy (non-hydrogen) atoms. The van der Waals surface area contributed by atoms with Crippen molar-refractivity contribution in [2.45, 2.75) is 12.8 Å². The zero-order chi connectivity index (χ0) is 24.2. The van der Waals surface area contributed by atoms with Gasteiger partial charge in [0.25, 0.3) is 11.6 Å². The summed E-state index contributed by atoms with van der Waals surface area (Å²) in [6, 6.07) is 9.98. The summed E-state index contributed by atoms with van der Waals surface area (Å²) >= 11 is 0. The van der Waals surface area contributed by atoms with E-state index in [1.807, 2.05) is 6.07 Å². The van der Waals surface area contributed by atoms with Gasteiger partial charge in [0.05, 0.1) is 22.4 Å². The second-order valence-electron chi connectivity index (χ2n) is 7.34. The third-order valence-electron chi connectivity index (χ3n) is 5.15. The van der Waals surface area contributed by atoms with E-state index in [-0.39, 0.29) is 53.9 Å². The van der Waals surface area contributed by atoms with E-state index in [1.165, 1.54) is 41.1 Å². The summed E-state index contributed by atoms with van der Waals surface area (Å²) in [6.07, 6.45) is 0.698. The summed E-state index contributed by atoms with van der Waals surface area (Å²) in [5.41, 5.74) is 6.62. The largest absolute Gasteiger partial charge is 0.486 e. The molecule has 174 valence electrons. The zero-order valence-corrected chi connectivity index (χ0v) is 17.8. The number of halogens is 1. The van der Waals surface area contributed by atoms with Crippen LogP contribution in [0.25, 0.3) is 5.69 Å². The Kier molecular flexibility index (Phi) is 6.26. The number of ether oxygens (including phenoxy) is 2. The van der Waals surface area contributed by atoms with Gasteiger partial charge in [-0.15, -0.1) is 0 Å². The molecule has 0 atom stereocenters. The first-order valence-corrected chi connectivity index (χ1v) is 10.3. The Bertz CT molecular complexity index is 1300. The molecule has 0 aliphatic carbocycles. The molecule has 2 aromatic carbocycles. The van der Waals surface area contributed by atoms with Gasteiger partial charge < -0.3 is 20.5 Å². The van der Waals surface area contributed by atoms with E-state index in [0.717, 1.165) is 0 Å². The standard InChI is InChI=1S/C22H19FN6O5/c23-13-3-5-14(6-4-13)28-21(25)16(12-24)17(27-28)2-1-7-26-22(30)15-10-19-20(34-9-8-33-19)11-18(15)29(31)32/h3-6,10-11H,1-2,7-9,25H2,(H,26,30). The normalized spacial score (nSPS) is 12.1. The number of nitro benzene ring substituents is 1. The molecule has 1 amide bonds. The molecule has 3 N–H and O–H groups in total. The second kappa shape index (κ2) is 9.45. The first-order chi connectivity index (χ1) is 16.4. The molecule has 11 nitrogen and oxygen atoms in total. The minimum absolute atomic E-state index is 0.125. The van der Waals surface area contributed by atoms with Crippen molar-refractivity contribution in [1.82, 2.24) is 15.1 Å². The van der Waals surface area contributed by atoms with Crippen molar-refractivity contribution in [2.24, 2.45) is 0 Å². The number of nitrogen functional groups attached to an aromatic ring is 1. The number of carbonyl (C=O) groups excluding carboxylic acids is 1. The Morgan fingerprint density at radius 2 is 1.94 bits per heavy atom. The maximum atomic E-state index is 13.2. The molecule has 1 aliphatic heterocycles. The van der Waals surface area contributed by atoms with Gasteiger partial charge in [0.15, 0.2) is 11.5 Å². The Morgan fingerprint density at radius 3 is 2.59 bits per heavy atom. The number of anilines is 1. The van der Waals surface area contributed by atoms with E-state index < -0.39 is 16.6 Å². The highest BCUT2D eigenvalue weighted by molar-refractivity contribution is 5.99. The quantitative estimate of drug-likeness (QED) is 0.305. The van der Waals surface area contributed by atoms with Crippen LogP contribution in [0, 0.1) is 27.3 Å². The van der Waals surface area contributed by atoms with Crippen LogP contribution in [0.15, 0.2) is 36.4 Å². The number of nitro groups is 1. The van der Waals surface area contributed by atoms with Gasteiger partial charge in [-0.05, 0) is 37.1 Å². The lowest BCUT2D eigenvalue weighted by Crippen LogP contribution is -2.26. The van der Waals surface area contributed by atoms with E-state index in [9.17, 15) is 24.6 Å². The number of rotatable bonds is 7. The van der Waals surface area contributed by atoms with E-state index in [4.69, 9.17) is 15.2 Å². The lowest BCUT2D eigenvalue weighted by Gasteiger charge is -2.18. The number of hydrogen-bond acceptors (Lipinski definition) is 8. The zero-order valence-electron chi connectivity index (χ0n) is 17.8. The molecule has 2 heterocycles. The van der Waals surface area contributed by atoms with Crippen molar-refractivity contribution in [3.63, 3.8) is 0 Å². The Labute approximate surface area is 192 Å². The Morgan fingerprint density at radius 1 is 1.26 bits per heavy atom. The van der Waals surface area contributed by atoms with Gasteiger partial charge in [-0.25, -0.2) is 9.07 Å². The summed E-state index contributed by atoms with van der Waals surface area (Å²) < 4.78 is 25.3. The maximum Gasteiger partial charge on any atom is 0.286 e. The van der Waals surface area contributed by atoms with E-state index in [1.54, 1.807) is 0 Å². The number of hydrogen-bond donors (Lipinski definition) is 2. The molecule has 0 saturated carbocycles. The number of aryl methyl sites for hydroxylation is 1. The number of nitrogens with two attached hydrogens (primary N) is 1. The van der Waals surface area contributed by atoms with E-state index >= 15 is 0 Å². The fourth-order valence-corrected chi connectivity index (χ4v) is 3.52. The van der Waals surface area contributed by atoms with Gasteiger partial charge in [0, 0.05) is 12.6 Å². The molecule has 1 aromatic heterocycles. The Balaban J connectivity index is 1.43. The SMILES string of the molecule is N#Cc1c(CCCNC(=O)c2cc3c(cc2[N+](=O)[O-])OCCO3)nn(-c2ccc(F)cc2)c1N. The smallest absolute Gasteiger partial charge is 0.286 e. The van der Waals surface area contributed by atoms with Crippen LogP contribution in [-0.4, -0.2) is 40.4 Å². The van der Waals surface area contributed by atoms with Crippen molar-refractivity contribution in [1.29, 1.82) is 5.26 Å². The second-order valence-corrected chi connectivity index (χ2v) is 7.34. The molecule has 3 aromatic rings. The predicted octanol–water partition coefficient (Wildman–Crippen LogP) is 2.51. The summed E-state index contributed by atoms with van der Waals surface area (Å²) in [7, 11) is 0. The lowest BCUT2D eigenvalue weighted by atomic mass is 10.1. The van der Waals surface area contributed by atoms with Gasteiger partial charge in [-0.2, -0.15) is 10.4 Å². The first-order valence-electron chi connectivity index (χ1n) is 10.3. The third kappa shape index (κ3) is 4.44. The number of aromatic nitrogens is 2. The van der Waals surface area contributed by atoms with Crippen molar-refractivity contribution in [2.75, 3.05) is 25.5 Å². The monoisotopic (exact) mass is 466 g/mol. The predicted molar refractivity (Wildman–Crippen MR) is 117 cm³/mol. The molecule has 1 aliphatic rings. The molecule has 4 rings (SSSR count). The average Bonchev–Trinajstić information content (AvgIpc) is 3.16. The van der Waals surface area contributed by atoms with E-state index in [0.29, 0.717) is 24.2 Å². The number of amides is 1. The molecular formula is C22H19FN6O5. The fourth-order valence-electron chi connectivity index (χ4n) is 3.52. The van der Waals surface area contributed by atoms with Crippen molar-refractivity contribution >= 4 is 17.4 Å². The third-order valence-corrected chi connectivity index (χ3v) is 5.15. The highest BCUT2D eigenvalue weighted by atomic mass is 19.1. The molecule has 0 saturated heterocycles. The summed E-state index contributed by atoms with van der Waals surface area (Å²) in [6.45, 7) is 0.710. The molecule has 0 fully saturated rings. The number of nitrogens with one attached hydrogen (secondary N) is 1. The van der Waals surface area contributed by atoms with Crippen LogP contribution in [0.5, 0.6) is 11.5 Å². The summed E-state index contributed by atoms with van der Waals surface area (Å²) in [4.78, 5) is 23.4. The van der Waals surface area contributed by atoms with Crippen molar-refractivity contribution < 1.29 is 23.6 Å². The van der Waals surface area contributed by atoms with Crippen molar-refractivity contribution in [3.05, 3.63) is 69.2 Å². The average molecular weight is 466 g/mol. The highest BCUT2D eigenvalue weighted by Crippen LogP contribution is 2.36. The number of nitrogens with zero attached hydrogens (tertiary/aromatic N) is 4. The van der Waals surface area contributed by atoms with Gasteiger partial charge in [0.1, 0.15) is 42.0 Å². The van der Waals surface area contributed by atoms with Crippen LogP contribution < -0.4 is 20.5 Å². The van der Waals surface area contributed by atoms with Crippen LogP contribution in [-0.2, 0) is 6.42 Å². The Hall–Kier alpha value is -4.66. The molecule has 0 radical (unpaired) electrons. The fraction of sp³-hybridized carbons (Fsp3) is 0.227. The van der Waals surface area contributed by atoms with Gasteiger partial charge >= 0.3 is 0 Å². The minimum atomic E-state index is -0.656. The van der Waals surface area contributed by atoms with Crippen LogP contribution in [0.1, 0.15) is 28.0 Å².